The molecular formula is C14H12BrClN2O4. The molecule has 2 amide bonds. The number of halogens is 2. The van der Waals surface area contributed by atoms with Crippen LogP contribution in [0.15, 0.2) is 45.5 Å². The van der Waals surface area contributed by atoms with Crippen LogP contribution in [0.25, 0.3) is 0 Å². The first-order chi connectivity index (χ1) is 10.5. The first kappa shape index (κ1) is 16.4. The Bertz CT molecular complexity index is 675. The topological polar surface area (TPSA) is 80.6 Å². The van der Waals surface area contributed by atoms with Gasteiger partial charge in [-0.2, -0.15) is 0 Å². The van der Waals surface area contributed by atoms with Gasteiger partial charge in [0.05, 0.1) is 10.7 Å². The summed E-state index contributed by atoms with van der Waals surface area (Å²) in [5, 5.41) is 0.544. The van der Waals surface area contributed by atoms with Crippen LogP contribution in [-0.4, -0.2) is 17.9 Å². The summed E-state index contributed by atoms with van der Waals surface area (Å²) in [5.74, 6) is -0.515. The molecule has 2 rings (SSSR count). The maximum atomic E-state index is 11.9. The predicted octanol–water partition coefficient (Wildman–Crippen LogP) is 2.92. The Hall–Kier alpha value is -1.99. The number of rotatable bonds is 4. The highest BCUT2D eigenvalue weighted by Gasteiger charge is 2.17. The molecule has 0 aliphatic carbocycles. The number of hydrogen-bond donors (Lipinski definition) is 2. The zero-order valence-corrected chi connectivity index (χ0v) is 13.8. The first-order valence-corrected chi connectivity index (χ1v) is 7.40. The minimum Gasteiger partial charge on any atom is -0.480 e. The summed E-state index contributed by atoms with van der Waals surface area (Å²) in [5.41, 5.74) is 4.49. The third kappa shape index (κ3) is 4.25. The van der Waals surface area contributed by atoms with Crippen LogP contribution >= 0.6 is 27.5 Å². The minimum atomic E-state index is -0.825. The summed E-state index contributed by atoms with van der Waals surface area (Å²) in [7, 11) is 0. The van der Waals surface area contributed by atoms with Gasteiger partial charge in [0.2, 0.25) is 0 Å². The van der Waals surface area contributed by atoms with E-state index in [2.05, 4.69) is 26.8 Å². The largest absolute Gasteiger partial charge is 0.480 e. The van der Waals surface area contributed by atoms with Crippen molar-refractivity contribution in [3.63, 3.8) is 0 Å². The second-order valence-electron chi connectivity index (χ2n) is 4.26. The average Bonchev–Trinajstić information content (AvgIpc) is 3.01. The summed E-state index contributed by atoms with van der Waals surface area (Å²) in [6.45, 7) is 1.55. The predicted molar refractivity (Wildman–Crippen MR) is 83.6 cm³/mol. The van der Waals surface area contributed by atoms with Gasteiger partial charge in [-0.25, -0.2) is 0 Å². The van der Waals surface area contributed by atoms with Crippen molar-refractivity contribution in [2.24, 2.45) is 0 Å². The highest BCUT2D eigenvalue weighted by atomic mass is 79.9. The van der Waals surface area contributed by atoms with E-state index >= 15 is 0 Å². The smallest absolute Gasteiger partial charge is 0.305 e. The lowest BCUT2D eigenvalue weighted by molar-refractivity contribution is -0.128. The van der Waals surface area contributed by atoms with Gasteiger partial charge in [0.1, 0.15) is 5.75 Å². The number of furan rings is 1. The number of nitrogens with one attached hydrogen (secondary N) is 2. The molecule has 0 saturated heterocycles. The van der Waals surface area contributed by atoms with Gasteiger partial charge in [0.15, 0.2) is 11.9 Å². The average molecular weight is 388 g/mol. The van der Waals surface area contributed by atoms with Crippen LogP contribution in [0.1, 0.15) is 17.5 Å². The standard InChI is InChI=1S/C14H12BrClN2O4/c1-8(22-11-5-4-9(16)7-10(11)15)13(19)17-18-14(20)12-3-2-6-21-12/h2-8H,1H3,(H,17,19)(H,18,20)/t8-/m1/s1. The number of ether oxygens (including phenoxy) is 1. The lowest BCUT2D eigenvalue weighted by atomic mass is 10.3. The van der Waals surface area contributed by atoms with Crippen LogP contribution in [-0.2, 0) is 4.79 Å². The summed E-state index contributed by atoms with van der Waals surface area (Å²) in [6, 6.07) is 7.98. The van der Waals surface area contributed by atoms with E-state index < -0.39 is 17.9 Å². The van der Waals surface area contributed by atoms with Gasteiger partial charge in [-0.1, -0.05) is 11.6 Å². The van der Waals surface area contributed by atoms with Crippen LogP contribution in [0.3, 0.4) is 0 Å². The third-order valence-corrected chi connectivity index (χ3v) is 3.47. The van der Waals surface area contributed by atoms with Crippen molar-refractivity contribution in [2.45, 2.75) is 13.0 Å². The van der Waals surface area contributed by atoms with Crippen LogP contribution in [0.4, 0.5) is 0 Å². The molecule has 0 aliphatic heterocycles. The number of amides is 2. The Morgan fingerprint density at radius 1 is 1.32 bits per heavy atom. The van der Waals surface area contributed by atoms with Crippen LogP contribution < -0.4 is 15.6 Å². The second-order valence-corrected chi connectivity index (χ2v) is 5.55. The molecule has 0 aliphatic rings. The highest BCUT2D eigenvalue weighted by Crippen LogP contribution is 2.28. The van der Waals surface area contributed by atoms with Crippen molar-refractivity contribution in [3.8, 4) is 5.75 Å². The molecule has 6 nitrogen and oxygen atoms in total. The van der Waals surface area contributed by atoms with Crippen molar-refractivity contribution >= 4 is 39.3 Å². The lowest BCUT2D eigenvalue weighted by Gasteiger charge is -2.15. The summed E-state index contributed by atoms with van der Waals surface area (Å²) < 4.78 is 11.0. The molecule has 1 heterocycles. The molecule has 1 aromatic heterocycles. The normalized spacial score (nSPS) is 11.6. The molecule has 8 heteroatoms. The molecule has 0 unspecified atom stereocenters. The van der Waals surface area contributed by atoms with Crippen molar-refractivity contribution < 1.29 is 18.7 Å². The van der Waals surface area contributed by atoms with E-state index in [4.69, 9.17) is 20.8 Å². The number of benzene rings is 1. The summed E-state index contributed by atoms with van der Waals surface area (Å²) >= 11 is 9.12. The Balaban J connectivity index is 1.88. The van der Waals surface area contributed by atoms with Crippen LogP contribution in [0.2, 0.25) is 5.02 Å². The molecule has 1 atom stereocenters. The Morgan fingerprint density at radius 2 is 2.09 bits per heavy atom. The zero-order valence-electron chi connectivity index (χ0n) is 11.4. The Kier molecular flexibility index (Phi) is 5.46. The fraction of sp³-hybridized carbons (Fsp3) is 0.143. The number of hydrazine groups is 1. The fourth-order valence-corrected chi connectivity index (χ4v) is 2.28. The third-order valence-electron chi connectivity index (χ3n) is 2.61. The molecule has 116 valence electrons. The van der Waals surface area contributed by atoms with E-state index in [1.165, 1.54) is 12.3 Å². The van der Waals surface area contributed by atoms with E-state index in [1.807, 2.05) is 0 Å². The lowest BCUT2D eigenvalue weighted by Crippen LogP contribution is -2.47. The molecule has 2 N–H and O–H groups in total. The fourth-order valence-electron chi connectivity index (χ4n) is 1.50. The van der Waals surface area contributed by atoms with Crippen molar-refractivity contribution in [3.05, 3.63) is 51.9 Å². The van der Waals surface area contributed by atoms with Crippen molar-refractivity contribution in [2.75, 3.05) is 0 Å². The van der Waals surface area contributed by atoms with E-state index in [9.17, 15) is 9.59 Å². The molecule has 0 fully saturated rings. The maximum absolute atomic E-state index is 11.9. The molecule has 0 saturated carbocycles. The molecule has 22 heavy (non-hydrogen) atoms. The van der Waals surface area contributed by atoms with Crippen molar-refractivity contribution in [1.82, 2.24) is 10.9 Å². The van der Waals surface area contributed by atoms with Gasteiger partial charge in [-0.3, -0.25) is 20.4 Å². The van der Waals surface area contributed by atoms with E-state index in [-0.39, 0.29) is 5.76 Å². The van der Waals surface area contributed by atoms with Gasteiger partial charge in [-0.05, 0) is 53.2 Å². The molecule has 0 bridgehead atoms. The van der Waals surface area contributed by atoms with E-state index in [0.717, 1.165) is 0 Å². The van der Waals surface area contributed by atoms with Gasteiger partial charge >= 0.3 is 5.91 Å². The second kappa shape index (κ2) is 7.33. The molecule has 0 spiro atoms. The Morgan fingerprint density at radius 3 is 2.73 bits per heavy atom. The molecule has 1 aromatic carbocycles. The number of carbonyl (C=O) groups excluding carboxylic acids is 2. The summed E-state index contributed by atoms with van der Waals surface area (Å²) in [6.07, 6.45) is 0.537. The maximum Gasteiger partial charge on any atom is 0.305 e. The first-order valence-electron chi connectivity index (χ1n) is 6.23. The molecular weight excluding hydrogens is 376 g/mol. The van der Waals surface area contributed by atoms with E-state index in [0.29, 0.717) is 15.2 Å². The van der Waals surface area contributed by atoms with Gasteiger partial charge in [0.25, 0.3) is 5.91 Å². The highest BCUT2D eigenvalue weighted by molar-refractivity contribution is 9.10. The van der Waals surface area contributed by atoms with Crippen LogP contribution in [0, 0.1) is 0 Å². The Labute approximate surface area is 139 Å². The van der Waals surface area contributed by atoms with Crippen molar-refractivity contribution in [1.29, 1.82) is 0 Å². The van der Waals surface area contributed by atoms with Gasteiger partial charge in [-0.15, -0.1) is 0 Å². The zero-order chi connectivity index (χ0) is 16.1. The summed E-state index contributed by atoms with van der Waals surface area (Å²) in [4.78, 5) is 23.5. The molecule has 2 aromatic rings. The van der Waals surface area contributed by atoms with Crippen LogP contribution in [0.5, 0.6) is 5.75 Å². The quantitative estimate of drug-likeness (QED) is 0.791. The number of hydrogen-bond acceptors (Lipinski definition) is 4. The minimum absolute atomic E-state index is 0.0920. The monoisotopic (exact) mass is 386 g/mol. The SMILES string of the molecule is C[C@@H](Oc1ccc(Cl)cc1Br)C(=O)NNC(=O)c1ccco1. The van der Waals surface area contributed by atoms with Gasteiger partial charge in [0, 0.05) is 5.02 Å². The molecule has 0 radical (unpaired) electrons. The van der Waals surface area contributed by atoms with Gasteiger partial charge < -0.3 is 9.15 Å². The van der Waals surface area contributed by atoms with E-state index in [1.54, 1.807) is 31.2 Å². The number of carbonyl (C=O) groups is 2.